The van der Waals surface area contributed by atoms with E-state index in [-0.39, 0.29) is 0 Å². The summed E-state index contributed by atoms with van der Waals surface area (Å²) in [7, 11) is -0.761. The fourth-order valence-corrected chi connectivity index (χ4v) is 1.74. The summed E-state index contributed by atoms with van der Waals surface area (Å²) in [5.41, 5.74) is 0. The molecule has 0 aliphatic heterocycles. The minimum atomic E-state index is -0.761. The fourth-order valence-electron chi connectivity index (χ4n) is 1.10. The minimum absolute atomic E-state index is 0.761. The summed E-state index contributed by atoms with van der Waals surface area (Å²) >= 11 is 0. The largest absolute Gasteiger partial charge is 0.421 e. The Morgan fingerprint density at radius 1 is 1.08 bits per heavy atom. The highest BCUT2D eigenvalue weighted by molar-refractivity contribution is 6.48. The molecule has 0 aliphatic carbocycles. The number of unbranched alkanes of at least 4 members (excludes halogenated alkanes) is 2. The van der Waals surface area contributed by atoms with Crippen molar-refractivity contribution in [1.29, 1.82) is 0 Å². The molecule has 0 spiro atoms. The van der Waals surface area contributed by atoms with Gasteiger partial charge in [0.1, 0.15) is 0 Å². The second-order valence-corrected chi connectivity index (χ2v) is 6.16. The molecular weight excluding hydrogens is 178 g/mol. The maximum absolute atomic E-state index is 5.58. The predicted molar refractivity (Wildman–Crippen MR) is 61.8 cm³/mol. The molecule has 0 bridgehead atoms. The Labute approximate surface area is 84.8 Å². The molecule has 0 rings (SSSR count). The molecule has 0 saturated heterocycles. The topological polar surface area (TPSA) is 21.3 Å². The van der Waals surface area contributed by atoms with Crippen molar-refractivity contribution in [3.8, 4) is 0 Å². The van der Waals surface area contributed by atoms with E-state index in [2.05, 4.69) is 25.3 Å². The third kappa shape index (κ3) is 12.1. The highest BCUT2D eigenvalue weighted by Crippen LogP contribution is 1.91. The third-order valence-electron chi connectivity index (χ3n) is 1.91. The van der Waals surface area contributed by atoms with Gasteiger partial charge in [0, 0.05) is 6.61 Å². The van der Waals surface area contributed by atoms with Crippen molar-refractivity contribution in [3.63, 3.8) is 0 Å². The maximum Gasteiger partial charge on any atom is 0.170 e. The van der Waals surface area contributed by atoms with Crippen LogP contribution >= 0.6 is 0 Å². The van der Waals surface area contributed by atoms with Gasteiger partial charge in [-0.2, -0.15) is 0 Å². The molecule has 0 fully saturated rings. The van der Waals surface area contributed by atoms with E-state index in [1.54, 1.807) is 0 Å². The molecule has 0 radical (unpaired) electrons. The van der Waals surface area contributed by atoms with E-state index in [1.807, 2.05) is 0 Å². The van der Waals surface area contributed by atoms with E-state index in [1.165, 1.54) is 32.2 Å². The van der Waals surface area contributed by atoms with Crippen LogP contribution in [0.3, 0.4) is 0 Å². The molecule has 0 aromatic rings. The van der Waals surface area contributed by atoms with Gasteiger partial charge in [-0.05, 0) is 45.4 Å². The highest BCUT2D eigenvalue weighted by Gasteiger charge is 1.94. The summed E-state index contributed by atoms with van der Waals surface area (Å²) in [5.74, 6) is 0. The molecule has 0 saturated carbocycles. The zero-order chi connectivity index (χ0) is 9.94. The lowest BCUT2D eigenvalue weighted by Crippen LogP contribution is -2.17. The van der Waals surface area contributed by atoms with Gasteiger partial charge in [0.05, 0.1) is 0 Å². The van der Waals surface area contributed by atoms with Gasteiger partial charge < -0.3 is 9.74 Å². The molecule has 0 aromatic carbocycles. The van der Waals surface area contributed by atoms with E-state index in [4.69, 9.17) is 4.43 Å². The van der Waals surface area contributed by atoms with E-state index in [0.717, 1.165) is 13.2 Å². The first kappa shape index (κ1) is 13.1. The fraction of sp³-hybridized carbons (Fsp3) is 1.00. The first-order valence-electron chi connectivity index (χ1n) is 5.59. The van der Waals surface area contributed by atoms with Crippen molar-refractivity contribution in [2.24, 2.45) is 0 Å². The third-order valence-corrected chi connectivity index (χ3v) is 2.81. The molecule has 0 amide bonds. The molecule has 0 aliphatic rings. The van der Waals surface area contributed by atoms with Gasteiger partial charge in [0.2, 0.25) is 0 Å². The van der Waals surface area contributed by atoms with Gasteiger partial charge in [-0.15, -0.1) is 0 Å². The second-order valence-electron chi connectivity index (χ2n) is 3.73. The van der Waals surface area contributed by atoms with Crippen molar-refractivity contribution >= 4 is 9.04 Å². The number of rotatable bonds is 9. The Bertz CT molecular complexity index is 98.9. The summed E-state index contributed by atoms with van der Waals surface area (Å²) in [6.45, 7) is 9.97. The first-order chi connectivity index (χ1) is 6.27. The summed E-state index contributed by atoms with van der Waals surface area (Å²) in [5, 5.41) is 3.43. The van der Waals surface area contributed by atoms with Gasteiger partial charge in [-0.3, -0.25) is 0 Å². The van der Waals surface area contributed by atoms with Gasteiger partial charge in [0.15, 0.2) is 9.04 Å². The lowest BCUT2D eigenvalue weighted by Gasteiger charge is -2.06. The molecule has 3 heteroatoms. The monoisotopic (exact) mass is 203 g/mol. The average molecular weight is 203 g/mol. The molecule has 0 heterocycles. The number of nitrogens with one attached hydrogen (secondary N) is 1. The Morgan fingerprint density at radius 3 is 2.38 bits per heavy atom. The summed E-state index contributed by atoms with van der Waals surface area (Å²) in [4.78, 5) is 0. The smallest absolute Gasteiger partial charge is 0.170 e. The molecule has 2 nitrogen and oxygen atoms in total. The first-order valence-corrected chi connectivity index (χ1v) is 8.37. The van der Waals surface area contributed by atoms with E-state index in [0.29, 0.717) is 0 Å². The van der Waals surface area contributed by atoms with Crippen LogP contribution in [0.1, 0.15) is 32.6 Å². The molecule has 0 aromatic heterocycles. The van der Waals surface area contributed by atoms with Crippen LogP contribution in [0, 0.1) is 0 Å². The van der Waals surface area contributed by atoms with Crippen LogP contribution in [-0.4, -0.2) is 28.7 Å². The van der Waals surface area contributed by atoms with Gasteiger partial charge in [0.25, 0.3) is 0 Å². The van der Waals surface area contributed by atoms with Crippen LogP contribution in [0.2, 0.25) is 13.1 Å². The predicted octanol–water partition coefficient (Wildman–Crippen LogP) is 2.16. The van der Waals surface area contributed by atoms with Crippen molar-refractivity contribution in [2.75, 3.05) is 19.7 Å². The minimum Gasteiger partial charge on any atom is -0.421 e. The van der Waals surface area contributed by atoms with Crippen LogP contribution in [-0.2, 0) is 4.43 Å². The Hall–Kier alpha value is 0.137. The normalized spacial score (nSPS) is 11.1. The zero-order valence-corrected chi connectivity index (χ0v) is 10.6. The van der Waals surface area contributed by atoms with Gasteiger partial charge >= 0.3 is 0 Å². The van der Waals surface area contributed by atoms with Crippen molar-refractivity contribution in [2.45, 2.75) is 45.7 Å². The summed E-state index contributed by atoms with van der Waals surface area (Å²) < 4.78 is 5.58. The molecule has 80 valence electrons. The number of hydrogen-bond donors (Lipinski definition) is 1. The SMILES string of the molecule is CCCCNCCCCO[SiH](C)C. The lowest BCUT2D eigenvalue weighted by molar-refractivity contribution is 0.313. The standard InChI is InChI=1S/C10H25NOSi/c1-4-5-8-11-9-6-7-10-12-13(2)3/h11,13H,4-10H2,1-3H3. The van der Waals surface area contributed by atoms with Crippen molar-refractivity contribution < 1.29 is 4.43 Å². The van der Waals surface area contributed by atoms with Crippen LogP contribution in [0.4, 0.5) is 0 Å². The molecular formula is C10H25NOSi. The van der Waals surface area contributed by atoms with Crippen LogP contribution in [0.15, 0.2) is 0 Å². The van der Waals surface area contributed by atoms with Crippen molar-refractivity contribution in [1.82, 2.24) is 5.32 Å². The van der Waals surface area contributed by atoms with Crippen LogP contribution in [0.25, 0.3) is 0 Å². The highest BCUT2D eigenvalue weighted by atomic mass is 28.3. The number of hydrogen-bond acceptors (Lipinski definition) is 2. The maximum atomic E-state index is 5.58. The van der Waals surface area contributed by atoms with E-state index >= 15 is 0 Å². The van der Waals surface area contributed by atoms with Crippen molar-refractivity contribution in [3.05, 3.63) is 0 Å². The van der Waals surface area contributed by atoms with Gasteiger partial charge in [-0.1, -0.05) is 13.3 Å². The van der Waals surface area contributed by atoms with E-state index < -0.39 is 9.04 Å². The molecule has 13 heavy (non-hydrogen) atoms. The molecule has 0 unspecified atom stereocenters. The van der Waals surface area contributed by atoms with Crippen LogP contribution < -0.4 is 5.32 Å². The Balaban J connectivity index is 2.84. The van der Waals surface area contributed by atoms with E-state index in [9.17, 15) is 0 Å². The molecule has 1 N–H and O–H groups in total. The second kappa shape index (κ2) is 10.2. The summed E-state index contributed by atoms with van der Waals surface area (Å²) in [6, 6.07) is 0. The Morgan fingerprint density at radius 2 is 1.77 bits per heavy atom. The average Bonchev–Trinajstić information content (AvgIpc) is 2.09. The van der Waals surface area contributed by atoms with Gasteiger partial charge in [-0.25, -0.2) is 0 Å². The lowest BCUT2D eigenvalue weighted by atomic mass is 10.3. The Kier molecular flexibility index (Phi) is 10.3. The quantitative estimate of drug-likeness (QED) is 0.458. The molecule has 0 atom stereocenters. The zero-order valence-electron chi connectivity index (χ0n) is 9.44. The summed E-state index contributed by atoms with van der Waals surface area (Å²) in [6.07, 6.45) is 5.06. The van der Waals surface area contributed by atoms with Crippen LogP contribution in [0.5, 0.6) is 0 Å².